The SMILES string of the molecule is COc1ccc(CCN)c(OCc2cccc(C)c2)c1. The third-order valence-electron chi connectivity index (χ3n) is 3.16. The summed E-state index contributed by atoms with van der Waals surface area (Å²) >= 11 is 0. The van der Waals surface area contributed by atoms with E-state index in [0.29, 0.717) is 13.2 Å². The van der Waals surface area contributed by atoms with Crippen molar-refractivity contribution in [1.82, 2.24) is 0 Å². The van der Waals surface area contributed by atoms with Crippen molar-refractivity contribution in [2.45, 2.75) is 20.0 Å². The molecule has 0 bridgehead atoms. The molecular formula is C17H21NO2. The number of nitrogens with two attached hydrogens (primary N) is 1. The Kier molecular flexibility index (Phi) is 5.02. The van der Waals surface area contributed by atoms with Crippen molar-refractivity contribution in [2.75, 3.05) is 13.7 Å². The van der Waals surface area contributed by atoms with Crippen molar-refractivity contribution in [3.8, 4) is 11.5 Å². The second kappa shape index (κ2) is 6.96. The normalized spacial score (nSPS) is 10.3. The van der Waals surface area contributed by atoms with Crippen molar-refractivity contribution in [3.05, 3.63) is 59.2 Å². The van der Waals surface area contributed by atoms with E-state index in [0.717, 1.165) is 29.0 Å². The second-order valence-electron chi connectivity index (χ2n) is 4.79. The molecule has 2 aromatic rings. The molecule has 0 aliphatic heterocycles. The molecule has 0 aliphatic carbocycles. The summed E-state index contributed by atoms with van der Waals surface area (Å²) in [4.78, 5) is 0. The Morgan fingerprint density at radius 3 is 2.65 bits per heavy atom. The average molecular weight is 271 g/mol. The number of methoxy groups -OCH3 is 1. The van der Waals surface area contributed by atoms with E-state index in [4.69, 9.17) is 15.2 Å². The van der Waals surface area contributed by atoms with E-state index in [-0.39, 0.29) is 0 Å². The van der Waals surface area contributed by atoms with Gasteiger partial charge in [-0.2, -0.15) is 0 Å². The maximum absolute atomic E-state index is 5.94. The molecule has 0 saturated heterocycles. The fourth-order valence-electron chi connectivity index (χ4n) is 2.12. The molecule has 0 aliphatic rings. The highest BCUT2D eigenvalue weighted by Crippen LogP contribution is 2.26. The summed E-state index contributed by atoms with van der Waals surface area (Å²) in [6, 6.07) is 14.2. The molecule has 0 fully saturated rings. The van der Waals surface area contributed by atoms with Gasteiger partial charge in [0, 0.05) is 6.07 Å². The summed E-state index contributed by atoms with van der Waals surface area (Å²) in [5.41, 5.74) is 9.15. The van der Waals surface area contributed by atoms with Crippen molar-refractivity contribution >= 4 is 0 Å². The van der Waals surface area contributed by atoms with Crippen LogP contribution in [0, 0.1) is 6.92 Å². The van der Waals surface area contributed by atoms with Gasteiger partial charge in [0.2, 0.25) is 0 Å². The maximum Gasteiger partial charge on any atom is 0.126 e. The molecule has 0 aromatic heterocycles. The number of rotatable bonds is 6. The molecule has 0 heterocycles. The van der Waals surface area contributed by atoms with Crippen LogP contribution in [0.1, 0.15) is 16.7 Å². The van der Waals surface area contributed by atoms with E-state index in [9.17, 15) is 0 Å². The summed E-state index contributed by atoms with van der Waals surface area (Å²) in [5.74, 6) is 1.64. The number of ether oxygens (including phenoxy) is 2. The Morgan fingerprint density at radius 2 is 1.95 bits per heavy atom. The van der Waals surface area contributed by atoms with Crippen LogP contribution in [-0.2, 0) is 13.0 Å². The predicted molar refractivity (Wildman–Crippen MR) is 81.3 cm³/mol. The average Bonchev–Trinajstić information content (AvgIpc) is 2.46. The van der Waals surface area contributed by atoms with Crippen molar-refractivity contribution < 1.29 is 9.47 Å². The lowest BCUT2D eigenvalue weighted by atomic mass is 10.1. The van der Waals surface area contributed by atoms with E-state index >= 15 is 0 Å². The number of hydrogen-bond acceptors (Lipinski definition) is 3. The molecule has 0 unspecified atom stereocenters. The van der Waals surface area contributed by atoms with Gasteiger partial charge in [0.05, 0.1) is 7.11 Å². The highest BCUT2D eigenvalue weighted by atomic mass is 16.5. The van der Waals surface area contributed by atoms with Crippen LogP contribution in [-0.4, -0.2) is 13.7 Å². The second-order valence-corrected chi connectivity index (χ2v) is 4.79. The predicted octanol–water partition coefficient (Wildman–Crippen LogP) is 3.08. The van der Waals surface area contributed by atoms with E-state index in [1.54, 1.807) is 7.11 Å². The summed E-state index contributed by atoms with van der Waals surface area (Å²) in [6.45, 7) is 3.23. The van der Waals surface area contributed by atoms with Crippen LogP contribution in [0.25, 0.3) is 0 Å². The number of benzene rings is 2. The highest BCUT2D eigenvalue weighted by molar-refractivity contribution is 5.41. The molecule has 0 spiro atoms. The van der Waals surface area contributed by atoms with E-state index < -0.39 is 0 Å². The summed E-state index contributed by atoms with van der Waals surface area (Å²) in [5, 5.41) is 0. The summed E-state index contributed by atoms with van der Waals surface area (Å²) in [7, 11) is 1.66. The fourth-order valence-corrected chi connectivity index (χ4v) is 2.12. The summed E-state index contributed by atoms with van der Waals surface area (Å²) in [6.07, 6.45) is 0.799. The smallest absolute Gasteiger partial charge is 0.126 e. The van der Waals surface area contributed by atoms with Gasteiger partial charge in [-0.3, -0.25) is 0 Å². The van der Waals surface area contributed by atoms with Gasteiger partial charge < -0.3 is 15.2 Å². The van der Waals surface area contributed by atoms with E-state index in [1.807, 2.05) is 24.3 Å². The van der Waals surface area contributed by atoms with Gasteiger partial charge in [0.25, 0.3) is 0 Å². The first-order chi connectivity index (χ1) is 9.72. The van der Waals surface area contributed by atoms with Crippen LogP contribution >= 0.6 is 0 Å². The quantitative estimate of drug-likeness (QED) is 0.878. The third kappa shape index (κ3) is 3.75. The molecule has 0 radical (unpaired) electrons. The molecule has 3 nitrogen and oxygen atoms in total. The number of aryl methyl sites for hydroxylation is 1. The third-order valence-corrected chi connectivity index (χ3v) is 3.16. The molecule has 2 aromatic carbocycles. The van der Waals surface area contributed by atoms with Gasteiger partial charge in [-0.1, -0.05) is 35.9 Å². The van der Waals surface area contributed by atoms with Gasteiger partial charge in [-0.05, 0) is 37.1 Å². The van der Waals surface area contributed by atoms with Crippen molar-refractivity contribution in [1.29, 1.82) is 0 Å². The minimum absolute atomic E-state index is 0.548. The van der Waals surface area contributed by atoms with Gasteiger partial charge >= 0.3 is 0 Å². The molecule has 20 heavy (non-hydrogen) atoms. The van der Waals surface area contributed by atoms with Crippen LogP contribution in [0.5, 0.6) is 11.5 Å². The zero-order chi connectivity index (χ0) is 14.4. The molecular weight excluding hydrogens is 250 g/mol. The van der Waals surface area contributed by atoms with E-state index in [2.05, 4.69) is 25.1 Å². The Labute approximate surface area is 120 Å². The zero-order valence-electron chi connectivity index (χ0n) is 12.1. The first kappa shape index (κ1) is 14.4. The monoisotopic (exact) mass is 271 g/mol. The molecule has 2 N–H and O–H groups in total. The van der Waals surface area contributed by atoms with Crippen LogP contribution in [0.4, 0.5) is 0 Å². The van der Waals surface area contributed by atoms with Crippen molar-refractivity contribution in [3.63, 3.8) is 0 Å². The molecule has 3 heteroatoms. The zero-order valence-corrected chi connectivity index (χ0v) is 12.1. The Hall–Kier alpha value is -2.00. The van der Waals surface area contributed by atoms with Gasteiger partial charge in [0.15, 0.2) is 0 Å². The molecule has 0 atom stereocenters. The molecule has 0 amide bonds. The Morgan fingerprint density at radius 1 is 1.10 bits per heavy atom. The fraction of sp³-hybridized carbons (Fsp3) is 0.294. The van der Waals surface area contributed by atoms with Gasteiger partial charge in [-0.25, -0.2) is 0 Å². The molecule has 106 valence electrons. The van der Waals surface area contributed by atoms with Gasteiger partial charge in [0.1, 0.15) is 18.1 Å². The highest BCUT2D eigenvalue weighted by Gasteiger charge is 2.06. The van der Waals surface area contributed by atoms with E-state index in [1.165, 1.54) is 5.56 Å². The molecule has 0 saturated carbocycles. The Bertz CT molecular complexity index is 567. The summed E-state index contributed by atoms with van der Waals surface area (Å²) < 4.78 is 11.2. The van der Waals surface area contributed by atoms with Crippen LogP contribution in [0.3, 0.4) is 0 Å². The van der Waals surface area contributed by atoms with Crippen LogP contribution in [0.2, 0.25) is 0 Å². The first-order valence-electron chi connectivity index (χ1n) is 6.78. The first-order valence-corrected chi connectivity index (χ1v) is 6.78. The van der Waals surface area contributed by atoms with Crippen molar-refractivity contribution in [2.24, 2.45) is 5.73 Å². The topological polar surface area (TPSA) is 44.5 Å². The minimum atomic E-state index is 0.548. The van der Waals surface area contributed by atoms with Crippen LogP contribution in [0.15, 0.2) is 42.5 Å². The lowest BCUT2D eigenvalue weighted by Gasteiger charge is -2.13. The molecule has 2 rings (SSSR count). The van der Waals surface area contributed by atoms with Gasteiger partial charge in [-0.15, -0.1) is 0 Å². The lowest BCUT2D eigenvalue weighted by Crippen LogP contribution is -2.06. The maximum atomic E-state index is 5.94. The lowest BCUT2D eigenvalue weighted by molar-refractivity contribution is 0.300. The number of hydrogen-bond donors (Lipinski definition) is 1. The Balaban J connectivity index is 2.14. The van der Waals surface area contributed by atoms with Crippen LogP contribution < -0.4 is 15.2 Å². The largest absolute Gasteiger partial charge is 0.497 e. The minimum Gasteiger partial charge on any atom is -0.497 e. The standard InChI is InChI=1S/C17H21NO2/c1-13-4-3-5-14(10-13)12-20-17-11-16(19-2)7-6-15(17)8-9-18/h3-7,10-11H,8-9,12,18H2,1-2H3.